The van der Waals surface area contributed by atoms with E-state index in [0.717, 1.165) is 0 Å². The summed E-state index contributed by atoms with van der Waals surface area (Å²) in [5, 5.41) is 21.6. The Morgan fingerprint density at radius 3 is 1.38 bits per heavy atom. The fraction of sp³-hybridized carbons (Fsp3) is 0. The van der Waals surface area contributed by atoms with Crippen LogP contribution in [0.2, 0.25) is 0 Å². The van der Waals surface area contributed by atoms with Crippen LogP contribution in [0.1, 0.15) is 0 Å². The zero-order chi connectivity index (χ0) is 6.57. The quantitative estimate of drug-likeness (QED) is 0.328. The van der Waals surface area contributed by atoms with E-state index in [9.17, 15) is 0 Å². The van der Waals surface area contributed by atoms with Gasteiger partial charge in [0, 0.05) is 0 Å². The van der Waals surface area contributed by atoms with Gasteiger partial charge in [0.2, 0.25) is 0 Å². The Kier molecular flexibility index (Phi) is 4.51. The van der Waals surface area contributed by atoms with Crippen molar-refractivity contribution in [3.63, 3.8) is 0 Å². The standard InChI is InChI=1S/C2H2I2N2O2/c3-1(5-7)2(4)6-8/h7-8H/b5-1+,6-2+. The van der Waals surface area contributed by atoms with Gasteiger partial charge in [-0.25, -0.2) is 0 Å². The van der Waals surface area contributed by atoms with Gasteiger partial charge in [0.15, 0.2) is 7.44 Å². The maximum Gasteiger partial charge on any atom is 0.175 e. The molecule has 6 heteroatoms. The van der Waals surface area contributed by atoms with Crippen LogP contribution in [0.3, 0.4) is 0 Å². The molecule has 0 fully saturated rings. The van der Waals surface area contributed by atoms with E-state index in [1.165, 1.54) is 0 Å². The molecule has 8 heavy (non-hydrogen) atoms. The minimum Gasteiger partial charge on any atom is -0.410 e. The molecule has 0 aliphatic rings. The van der Waals surface area contributed by atoms with Crippen molar-refractivity contribution in [3.05, 3.63) is 0 Å². The van der Waals surface area contributed by atoms with Crippen LogP contribution in [-0.4, -0.2) is 17.9 Å². The lowest BCUT2D eigenvalue weighted by Crippen LogP contribution is -1.95. The van der Waals surface area contributed by atoms with Crippen LogP contribution < -0.4 is 0 Å². The number of nitrogens with zero attached hydrogens (tertiary/aromatic N) is 2. The topological polar surface area (TPSA) is 65.2 Å². The van der Waals surface area contributed by atoms with E-state index in [4.69, 9.17) is 10.4 Å². The summed E-state index contributed by atoms with van der Waals surface area (Å²) in [5.74, 6) is 0. The lowest BCUT2D eigenvalue weighted by Gasteiger charge is -1.84. The van der Waals surface area contributed by atoms with E-state index < -0.39 is 0 Å². The van der Waals surface area contributed by atoms with E-state index in [-0.39, 0.29) is 7.44 Å². The number of hydrogen-bond acceptors (Lipinski definition) is 4. The number of oxime groups is 2. The predicted octanol–water partition coefficient (Wildman–Crippen LogP) is 1.43. The summed E-state index contributed by atoms with van der Waals surface area (Å²) in [4.78, 5) is 0. The third kappa shape index (κ3) is 2.64. The molecular weight excluding hydrogens is 338 g/mol. The lowest BCUT2D eigenvalue weighted by molar-refractivity contribution is 0.317. The minimum absolute atomic E-state index is 0.269. The average molecular weight is 340 g/mol. The van der Waals surface area contributed by atoms with Crippen molar-refractivity contribution >= 4 is 52.6 Å². The molecular formula is C2H2I2N2O2. The molecule has 0 heterocycles. The maximum absolute atomic E-state index is 8.02. The van der Waals surface area contributed by atoms with Gasteiger partial charge < -0.3 is 10.4 Å². The molecule has 0 aliphatic carbocycles. The second-order valence-electron chi connectivity index (χ2n) is 0.782. The van der Waals surface area contributed by atoms with E-state index in [1.54, 1.807) is 45.2 Å². The molecule has 0 radical (unpaired) electrons. The third-order valence-electron chi connectivity index (χ3n) is 0.346. The van der Waals surface area contributed by atoms with Crippen molar-refractivity contribution in [2.75, 3.05) is 0 Å². The first-order valence-corrected chi connectivity index (χ1v) is 3.63. The van der Waals surface area contributed by atoms with Gasteiger partial charge in [-0.1, -0.05) is 10.3 Å². The lowest BCUT2D eigenvalue weighted by atomic mass is 10.8. The Morgan fingerprint density at radius 2 is 1.25 bits per heavy atom. The Bertz CT molecular complexity index is 116. The number of hydrogen-bond donors (Lipinski definition) is 2. The molecule has 0 saturated heterocycles. The van der Waals surface area contributed by atoms with E-state index in [0.29, 0.717) is 0 Å². The molecule has 0 aromatic rings. The highest BCUT2D eigenvalue weighted by atomic mass is 127. The highest BCUT2D eigenvalue weighted by Gasteiger charge is 1.98. The van der Waals surface area contributed by atoms with Crippen LogP contribution in [0.5, 0.6) is 0 Å². The number of halogens is 2. The van der Waals surface area contributed by atoms with Crippen LogP contribution in [0.15, 0.2) is 10.3 Å². The van der Waals surface area contributed by atoms with E-state index in [2.05, 4.69) is 10.3 Å². The summed E-state index contributed by atoms with van der Waals surface area (Å²) in [6.07, 6.45) is 0. The maximum atomic E-state index is 8.02. The van der Waals surface area contributed by atoms with Gasteiger partial charge in [0.1, 0.15) is 0 Å². The molecule has 0 spiro atoms. The normalized spacial score (nSPS) is 14.2. The summed E-state index contributed by atoms with van der Waals surface area (Å²) >= 11 is 3.47. The van der Waals surface area contributed by atoms with Gasteiger partial charge in [0.25, 0.3) is 0 Å². The Hall–Kier alpha value is 0.400. The fourth-order valence-corrected chi connectivity index (χ4v) is 0.298. The summed E-state index contributed by atoms with van der Waals surface area (Å²) < 4.78 is 0.538. The predicted molar refractivity (Wildman–Crippen MR) is 46.5 cm³/mol. The first kappa shape index (κ1) is 8.40. The zero-order valence-corrected chi connectivity index (χ0v) is 7.86. The second-order valence-corrected chi connectivity index (χ2v) is 2.83. The van der Waals surface area contributed by atoms with Gasteiger partial charge >= 0.3 is 0 Å². The molecule has 0 saturated carbocycles. The average Bonchev–Trinajstić information content (AvgIpc) is 1.84. The van der Waals surface area contributed by atoms with Crippen LogP contribution in [0, 0.1) is 0 Å². The first-order valence-electron chi connectivity index (χ1n) is 1.48. The highest BCUT2D eigenvalue weighted by molar-refractivity contribution is 14.1. The molecule has 0 aromatic carbocycles. The van der Waals surface area contributed by atoms with Gasteiger partial charge in [-0.3, -0.25) is 0 Å². The smallest absolute Gasteiger partial charge is 0.175 e. The molecule has 0 bridgehead atoms. The van der Waals surface area contributed by atoms with E-state index in [1.807, 2.05) is 0 Å². The van der Waals surface area contributed by atoms with Crippen molar-refractivity contribution in [2.24, 2.45) is 10.3 Å². The molecule has 0 aliphatic heterocycles. The summed E-state index contributed by atoms with van der Waals surface area (Å²) in [7, 11) is 0. The fourth-order valence-electron chi connectivity index (χ4n) is 0.0825. The van der Waals surface area contributed by atoms with Crippen molar-refractivity contribution in [3.8, 4) is 0 Å². The molecule has 0 aromatic heterocycles. The zero-order valence-electron chi connectivity index (χ0n) is 3.54. The minimum atomic E-state index is 0.269. The molecule has 0 atom stereocenters. The van der Waals surface area contributed by atoms with Crippen molar-refractivity contribution < 1.29 is 10.4 Å². The SMILES string of the molecule is O/N=C(I)\C(I)=N/O. The summed E-state index contributed by atoms with van der Waals surface area (Å²) in [6, 6.07) is 0. The Morgan fingerprint density at radius 1 is 1.00 bits per heavy atom. The van der Waals surface area contributed by atoms with Crippen LogP contribution >= 0.6 is 45.2 Å². The molecule has 2 N–H and O–H groups in total. The van der Waals surface area contributed by atoms with Crippen LogP contribution in [0.4, 0.5) is 0 Å². The Labute approximate surface area is 72.9 Å². The van der Waals surface area contributed by atoms with Crippen molar-refractivity contribution in [1.29, 1.82) is 0 Å². The van der Waals surface area contributed by atoms with Gasteiger partial charge in [-0.2, -0.15) is 0 Å². The molecule has 0 unspecified atom stereocenters. The number of rotatable bonds is 1. The van der Waals surface area contributed by atoms with Gasteiger partial charge in [-0.05, 0) is 45.2 Å². The highest BCUT2D eigenvalue weighted by Crippen LogP contribution is 1.99. The molecule has 0 rings (SSSR count). The Balaban J connectivity index is 4.04. The first-order chi connectivity index (χ1) is 3.72. The third-order valence-corrected chi connectivity index (χ3v) is 2.83. The van der Waals surface area contributed by atoms with Crippen molar-refractivity contribution in [2.45, 2.75) is 0 Å². The largest absolute Gasteiger partial charge is 0.410 e. The van der Waals surface area contributed by atoms with Crippen LogP contribution in [-0.2, 0) is 0 Å². The molecule has 4 nitrogen and oxygen atoms in total. The summed E-state index contributed by atoms with van der Waals surface area (Å²) in [6.45, 7) is 0. The summed E-state index contributed by atoms with van der Waals surface area (Å²) in [5.41, 5.74) is 0. The van der Waals surface area contributed by atoms with Crippen molar-refractivity contribution in [1.82, 2.24) is 0 Å². The van der Waals surface area contributed by atoms with Crippen LogP contribution in [0.25, 0.3) is 0 Å². The van der Waals surface area contributed by atoms with Gasteiger partial charge in [0.05, 0.1) is 0 Å². The monoisotopic (exact) mass is 340 g/mol. The van der Waals surface area contributed by atoms with Gasteiger partial charge in [-0.15, -0.1) is 0 Å². The van der Waals surface area contributed by atoms with E-state index >= 15 is 0 Å². The second kappa shape index (κ2) is 4.30. The molecule has 0 amide bonds. The molecule has 46 valence electrons.